The molecule has 1 aliphatic heterocycles. The van der Waals surface area contributed by atoms with Crippen molar-refractivity contribution in [3.05, 3.63) is 46.8 Å². The van der Waals surface area contributed by atoms with Gasteiger partial charge in [0, 0.05) is 0 Å². The van der Waals surface area contributed by atoms with Crippen molar-refractivity contribution in [2.75, 3.05) is 6.61 Å². The fourth-order valence-corrected chi connectivity index (χ4v) is 5.13. The molecule has 0 saturated carbocycles. The van der Waals surface area contributed by atoms with Crippen molar-refractivity contribution < 1.29 is 46.9 Å². The topological polar surface area (TPSA) is 181 Å². The molecule has 13 nitrogen and oxygen atoms in total. The summed E-state index contributed by atoms with van der Waals surface area (Å²) in [7, 11) is -4.32. The van der Waals surface area contributed by atoms with Crippen molar-refractivity contribution in [1.82, 2.24) is 15.1 Å². The summed E-state index contributed by atoms with van der Waals surface area (Å²) < 4.78 is 56.4. The number of alkyl halides is 1. The van der Waals surface area contributed by atoms with Crippen LogP contribution in [0.2, 0.25) is 0 Å². The standard InChI is InChI=1S/C23H29BrFN4O9P/c1-12(2)35-21(32)13(3)29-39(33,38-14-8-6-5-7-9-14)34-11-15-18(30)23(4,25)22(36-15)37-20-17(19(26)31)28-16(24)10-27-20/h5-10,12-13,15,18,22,30H,11H2,1-4H3,(H2,26,31)(H,29,33)/t13-,15-,18-,22+,23-,39-/m1/s1. The second kappa shape index (κ2) is 12.7. The number of nitrogens with two attached hydrogens (primary N) is 1. The van der Waals surface area contributed by atoms with Gasteiger partial charge in [-0.1, -0.05) is 18.2 Å². The first-order valence-corrected chi connectivity index (χ1v) is 14.0. The lowest BCUT2D eigenvalue weighted by molar-refractivity contribution is -0.149. The average Bonchev–Trinajstić information content (AvgIpc) is 3.06. The number of carbonyl (C=O) groups is 2. The molecule has 0 bridgehead atoms. The number of hydrogen-bond donors (Lipinski definition) is 3. The molecule has 1 aromatic heterocycles. The van der Waals surface area contributed by atoms with Crippen LogP contribution >= 0.6 is 23.7 Å². The minimum Gasteiger partial charge on any atom is -0.462 e. The van der Waals surface area contributed by atoms with Crippen LogP contribution in [0.25, 0.3) is 0 Å². The van der Waals surface area contributed by atoms with E-state index in [2.05, 4.69) is 31.0 Å². The molecule has 0 radical (unpaired) electrons. The zero-order valence-corrected chi connectivity index (χ0v) is 23.9. The molecular formula is C23H29BrFN4O9P. The number of halogens is 2. The summed E-state index contributed by atoms with van der Waals surface area (Å²) in [5.41, 5.74) is 2.36. The molecule has 214 valence electrons. The van der Waals surface area contributed by atoms with E-state index in [0.717, 1.165) is 6.92 Å². The van der Waals surface area contributed by atoms with Crippen molar-refractivity contribution in [2.45, 2.75) is 64.0 Å². The van der Waals surface area contributed by atoms with E-state index in [9.17, 15) is 19.3 Å². The first kappa shape index (κ1) is 30.9. The van der Waals surface area contributed by atoms with Crippen molar-refractivity contribution in [2.24, 2.45) is 5.73 Å². The van der Waals surface area contributed by atoms with Gasteiger partial charge in [-0.15, -0.1) is 0 Å². The van der Waals surface area contributed by atoms with E-state index < -0.39 is 74.1 Å². The Morgan fingerprint density at radius 2 is 1.97 bits per heavy atom. The summed E-state index contributed by atoms with van der Waals surface area (Å²) in [5.74, 6) is -1.98. The molecule has 0 unspecified atom stereocenters. The molecule has 0 spiro atoms. The summed E-state index contributed by atoms with van der Waals surface area (Å²) in [6, 6.07) is 6.85. The molecule has 2 aromatic rings. The quantitative estimate of drug-likeness (QED) is 0.230. The van der Waals surface area contributed by atoms with Gasteiger partial charge in [0.25, 0.3) is 5.91 Å². The third-order valence-corrected chi connectivity index (χ3v) is 7.31. The molecule has 1 fully saturated rings. The molecule has 3 rings (SSSR count). The fourth-order valence-electron chi connectivity index (χ4n) is 3.35. The number of benzene rings is 1. The molecular weight excluding hydrogens is 606 g/mol. The van der Waals surface area contributed by atoms with Crippen LogP contribution < -0.4 is 20.1 Å². The van der Waals surface area contributed by atoms with Crippen LogP contribution in [-0.4, -0.2) is 69.9 Å². The van der Waals surface area contributed by atoms with E-state index in [4.69, 9.17) is 29.0 Å². The first-order chi connectivity index (χ1) is 18.2. The number of ether oxygens (including phenoxy) is 3. The lowest BCUT2D eigenvalue weighted by Crippen LogP contribution is -2.44. The Morgan fingerprint density at radius 1 is 1.31 bits per heavy atom. The van der Waals surface area contributed by atoms with Gasteiger partial charge in [0.05, 0.1) is 18.9 Å². The Morgan fingerprint density at radius 3 is 2.59 bits per heavy atom. The maximum atomic E-state index is 15.5. The van der Waals surface area contributed by atoms with E-state index in [1.807, 2.05) is 0 Å². The molecule has 6 atom stereocenters. The van der Waals surface area contributed by atoms with Gasteiger partial charge in [-0.05, 0) is 55.8 Å². The van der Waals surface area contributed by atoms with Gasteiger partial charge in [-0.2, -0.15) is 5.09 Å². The highest BCUT2D eigenvalue weighted by Gasteiger charge is 2.56. The van der Waals surface area contributed by atoms with Crippen LogP contribution in [0, 0.1) is 0 Å². The molecule has 2 heterocycles. The third-order valence-electron chi connectivity index (χ3n) is 5.29. The monoisotopic (exact) mass is 634 g/mol. The van der Waals surface area contributed by atoms with Crippen LogP contribution in [0.3, 0.4) is 0 Å². The number of aliphatic hydroxyl groups excluding tert-OH is 1. The van der Waals surface area contributed by atoms with Crippen molar-refractivity contribution in [3.8, 4) is 11.6 Å². The Labute approximate surface area is 232 Å². The minimum absolute atomic E-state index is 0.148. The highest BCUT2D eigenvalue weighted by Crippen LogP contribution is 2.46. The zero-order chi connectivity index (χ0) is 29.0. The number of aliphatic hydroxyl groups is 1. The van der Waals surface area contributed by atoms with Crippen LogP contribution in [-0.2, 0) is 23.4 Å². The number of nitrogens with zero attached hydrogens (tertiary/aromatic N) is 2. The summed E-state index contributed by atoms with van der Waals surface area (Å²) in [6.45, 7) is 5.05. The molecule has 1 saturated heterocycles. The number of rotatable bonds is 12. The van der Waals surface area contributed by atoms with E-state index in [0.29, 0.717) is 0 Å². The molecule has 4 N–H and O–H groups in total. The van der Waals surface area contributed by atoms with Gasteiger partial charge >= 0.3 is 13.7 Å². The predicted octanol–water partition coefficient (Wildman–Crippen LogP) is 2.66. The Balaban J connectivity index is 1.77. The lowest BCUT2D eigenvalue weighted by Gasteiger charge is -2.25. The van der Waals surface area contributed by atoms with Gasteiger partial charge in [0.1, 0.15) is 28.6 Å². The van der Waals surface area contributed by atoms with Crippen molar-refractivity contribution >= 4 is 35.6 Å². The largest absolute Gasteiger partial charge is 0.462 e. The van der Waals surface area contributed by atoms with Crippen LogP contribution in [0.15, 0.2) is 41.1 Å². The molecule has 1 aromatic carbocycles. The molecule has 1 aliphatic rings. The van der Waals surface area contributed by atoms with Crippen molar-refractivity contribution in [3.63, 3.8) is 0 Å². The van der Waals surface area contributed by atoms with Crippen molar-refractivity contribution in [1.29, 1.82) is 0 Å². The van der Waals surface area contributed by atoms with E-state index >= 15 is 4.39 Å². The molecule has 16 heteroatoms. The second-order valence-corrected chi connectivity index (χ2v) is 11.5. The van der Waals surface area contributed by atoms with Gasteiger partial charge in [0.2, 0.25) is 12.2 Å². The SMILES string of the molecule is CC(C)OC(=O)[C@@H](C)N[P@@](=O)(OC[C@H]1O[C@@H](Oc2ncc(Br)nc2C(N)=O)[C@](C)(F)[C@@H]1O)Oc1ccccc1. The third kappa shape index (κ3) is 7.93. The molecule has 1 amide bonds. The first-order valence-electron chi connectivity index (χ1n) is 11.7. The van der Waals surface area contributed by atoms with Crippen LogP contribution in [0.5, 0.6) is 11.6 Å². The number of aromatic nitrogens is 2. The second-order valence-electron chi connectivity index (χ2n) is 8.97. The summed E-state index contributed by atoms with van der Waals surface area (Å²) in [4.78, 5) is 31.8. The van der Waals surface area contributed by atoms with E-state index in [-0.39, 0.29) is 10.4 Å². The number of primary amides is 1. The van der Waals surface area contributed by atoms with E-state index in [1.165, 1.54) is 25.3 Å². The van der Waals surface area contributed by atoms with E-state index in [1.54, 1.807) is 32.0 Å². The number of carbonyl (C=O) groups excluding carboxylic acids is 2. The zero-order valence-electron chi connectivity index (χ0n) is 21.4. The average molecular weight is 635 g/mol. The lowest BCUT2D eigenvalue weighted by atomic mass is 10.00. The van der Waals surface area contributed by atoms with Crippen LogP contribution in [0.4, 0.5) is 4.39 Å². The number of amides is 1. The normalized spacial score (nSPS) is 25.1. The smallest absolute Gasteiger partial charge is 0.459 e. The molecule has 39 heavy (non-hydrogen) atoms. The Hall–Kier alpha value is -2.68. The highest BCUT2D eigenvalue weighted by atomic mass is 79.9. The number of hydrogen-bond acceptors (Lipinski definition) is 11. The number of esters is 1. The molecule has 0 aliphatic carbocycles. The number of nitrogens with one attached hydrogen (secondary N) is 1. The van der Waals surface area contributed by atoms with Gasteiger partial charge < -0.3 is 29.6 Å². The maximum Gasteiger partial charge on any atom is 0.459 e. The predicted molar refractivity (Wildman–Crippen MR) is 138 cm³/mol. The number of para-hydroxylation sites is 1. The van der Waals surface area contributed by atoms with Gasteiger partial charge in [0.15, 0.2) is 11.4 Å². The highest BCUT2D eigenvalue weighted by molar-refractivity contribution is 9.10. The maximum absolute atomic E-state index is 15.5. The Bertz CT molecular complexity index is 1220. The van der Waals surface area contributed by atoms with Gasteiger partial charge in [-0.3, -0.25) is 14.1 Å². The minimum atomic E-state index is -4.32. The fraction of sp³-hybridized carbons (Fsp3) is 0.478. The van der Waals surface area contributed by atoms with Gasteiger partial charge in [-0.25, -0.2) is 18.9 Å². The summed E-state index contributed by atoms with van der Waals surface area (Å²) in [5, 5.41) is 13.1. The summed E-state index contributed by atoms with van der Waals surface area (Å²) in [6.07, 6.45) is -4.27. The Kier molecular flexibility index (Phi) is 10.0. The summed E-state index contributed by atoms with van der Waals surface area (Å²) >= 11 is 3.05. The van der Waals surface area contributed by atoms with Crippen LogP contribution in [0.1, 0.15) is 38.2 Å².